The van der Waals surface area contributed by atoms with Crippen LogP contribution in [-0.4, -0.2) is 5.92 Å². The quantitative estimate of drug-likeness (QED) is 0.165. The standard InChI is InChI=1S/C23H32.C21H26F2.C21H28.C20H26/c1-16-18-9-7-8-10-19(18)20(15-21(16)22(2,3)4)17-11-13-23(5,6)14-12-17;1-14-16-7-5-6-8-17(16)18(13-19(14)20(2,3)4)15-9-11-21(22,23)12-10-15;1-15-17-12-8-9-13-18(17)19(14-20(15)21(2,3)4)16-10-6-5-7-11-16;1-14-16-11-7-8-12-17(16)18(15-9-5-6-10-15)13-19(14)20(2,3)4/h7-10,15,17H,11-14H2,1-6H3;5-8,13,15H,9-12H2,1-4H3;8-9,12-14,16H,5-7,10-11H2,1-4H3;7-8,11-13,15H,5-6,9-10H2,1-4H3. The molecule has 0 amide bonds. The third-order valence-electron chi connectivity index (χ3n) is 21.4. The predicted octanol–water partition coefficient (Wildman–Crippen LogP) is 26.5. The van der Waals surface area contributed by atoms with Gasteiger partial charge in [0.15, 0.2) is 0 Å². The summed E-state index contributed by atoms with van der Waals surface area (Å²) in [4.78, 5) is 0. The summed E-state index contributed by atoms with van der Waals surface area (Å²) in [5.74, 6) is 0.0620. The van der Waals surface area contributed by atoms with Crippen LogP contribution in [0.5, 0.6) is 0 Å². The van der Waals surface area contributed by atoms with E-state index < -0.39 is 5.92 Å². The van der Waals surface area contributed by atoms with E-state index in [2.05, 4.69) is 246 Å². The predicted molar refractivity (Wildman–Crippen MR) is 378 cm³/mol. The van der Waals surface area contributed by atoms with Gasteiger partial charge in [-0.15, -0.1) is 0 Å². The smallest absolute Gasteiger partial charge is 0.207 e. The highest BCUT2D eigenvalue weighted by Crippen LogP contribution is 2.49. The molecule has 4 aliphatic rings. The molecule has 0 aliphatic heterocycles. The summed E-state index contributed by atoms with van der Waals surface area (Å²) >= 11 is 0. The van der Waals surface area contributed by atoms with E-state index in [4.69, 9.17) is 0 Å². The highest BCUT2D eigenvalue weighted by Gasteiger charge is 2.37. The first-order chi connectivity index (χ1) is 40.8. The molecule has 8 aromatic rings. The molecule has 4 saturated carbocycles. The molecule has 0 saturated heterocycles. The fourth-order valence-corrected chi connectivity index (χ4v) is 16.4. The van der Waals surface area contributed by atoms with E-state index in [1.807, 2.05) is 0 Å². The zero-order valence-electron chi connectivity index (χ0n) is 57.6. The molecule has 0 aromatic heterocycles. The van der Waals surface area contributed by atoms with Gasteiger partial charge in [0.2, 0.25) is 5.92 Å². The van der Waals surface area contributed by atoms with Crippen molar-refractivity contribution in [3.8, 4) is 0 Å². The third kappa shape index (κ3) is 15.1. The molecule has 0 N–H and O–H groups in total. The van der Waals surface area contributed by atoms with Gasteiger partial charge in [-0.25, -0.2) is 8.78 Å². The lowest BCUT2D eigenvalue weighted by atomic mass is 9.69. The van der Waals surface area contributed by atoms with E-state index in [0.717, 1.165) is 17.8 Å². The minimum atomic E-state index is -2.47. The molecule has 0 bridgehead atoms. The Morgan fingerprint density at radius 2 is 0.506 bits per heavy atom. The van der Waals surface area contributed by atoms with Gasteiger partial charge in [-0.05, 0) is 253 Å². The summed E-state index contributed by atoms with van der Waals surface area (Å²) in [6.45, 7) is 41.7. The van der Waals surface area contributed by atoms with Crippen LogP contribution in [0.25, 0.3) is 43.1 Å². The topological polar surface area (TPSA) is 0 Å². The normalized spacial score (nSPS) is 18.3. The Labute approximate surface area is 527 Å². The molecule has 0 unspecified atom stereocenters. The number of halogens is 2. The van der Waals surface area contributed by atoms with Crippen molar-refractivity contribution < 1.29 is 8.78 Å². The summed E-state index contributed by atoms with van der Waals surface area (Å²) in [7, 11) is 0. The third-order valence-corrected chi connectivity index (χ3v) is 21.4. The van der Waals surface area contributed by atoms with Crippen LogP contribution in [0.1, 0.15) is 297 Å². The maximum absolute atomic E-state index is 13.5. The van der Waals surface area contributed by atoms with Crippen molar-refractivity contribution in [3.63, 3.8) is 0 Å². The van der Waals surface area contributed by atoms with Crippen molar-refractivity contribution in [2.75, 3.05) is 0 Å². The average Bonchev–Trinajstić information content (AvgIpc) is 1.50. The Kier molecular flexibility index (Phi) is 19.9. The van der Waals surface area contributed by atoms with Gasteiger partial charge < -0.3 is 0 Å². The molecule has 2 heteroatoms. The van der Waals surface area contributed by atoms with Crippen LogP contribution >= 0.6 is 0 Å². The van der Waals surface area contributed by atoms with Gasteiger partial charge in [-0.3, -0.25) is 0 Å². The molecule has 0 radical (unpaired) electrons. The maximum Gasteiger partial charge on any atom is 0.248 e. The summed E-state index contributed by atoms with van der Waals surface area (Å²) < 4.78 is 27.1. The molecule has 87 heavy (non-hydrogen) atoms. The van der Waals surface area contributed by atoms with Crippen LogP contribution in [0.3, 0.4) is 0 Å². The van der Waals surface area contributed by atoms with E-state index in [-0.39, 0.29) is 40.4 Å². The molecule has 8 aromatic carbocycles. The average molecular weight is 1170 g/mol. The van der Waals surface area contributed by atoms with Gasteiger partial charge in [0.25, 0.3) is 0 Å². The van der Waals surface area contributed by atoms with Crippen LogP contribution in [0, 0.1) is 33.1 Å². The van der Waals surface area contributed by atoms with E-state index in [9.17, 15) is 8.78 Å². The number of alkyl halides is 2. The van der Waals surface area contributed by atoms with Crippen molar-refractivity contribution in [1.29, 1.82) is 0 Å². The summed E-state index contributed by atoms with van der Waals surface area (Å²) in [6.07, 6.45) is 19.1. The van der Waals surface area contributed by atoms with E-state index in [0.29, 0.717) is 18.3 Å². The molecular formula is C85H112F2. The zero-order chi connectivity index (χ0) is 63.0. The number of aryl methyl sites for hydroxylation is 4. The second kappa shape index (κ2) is 26.2. The van der Waals surface area contributed by atoms with Crippen molar-refractivity contribution in [3.05, 3.63) is 188 Å². The van der Waals surface area contributed by atoms with Gasteiger partial charge in [0.05, 0.1) is 0 Å². The fourth-order valence-electron chi connectivity index (χ4n) is 16.4. The largest absolute Gasteiger partial charge is 0.248 e. The van der Waals surface area contributed by atoms with Crippen LogP contribution in [-0.2, 0) is 21.7 Å². The molecule has 0 heterocycles. The summed E-state index contributed by atoms with van der Waals surface area (Å²) in [6, 6.07) is 45.4. The van der Waals surface area contributed by atoms with Gasteiger partial charge in [-0.1, -0.05) is 250 Å². The van der Waals surface area contributed by atoms with E-state index >= 15 is 0 Å². The molecule has 0 nitrogen and oxygen atoms in total. The number of fused-ring (bicyclic) bond motifs is 4. The van der Waals surface area contributed by atoms with Crippen molar-refractivity contribution >= 4 is 43.1 Å². The molecule has 466 valence electrons. The molecule has 0 spiro atoms. The lowest BCUT2D eigenvalue weighted by Gasteiger charge is -2.36. The lowest BCUT2D eigenvalue weighted by molar-refractivity contribution is -0.0381. The molecule has 4 aliphatic carbocycles. The molecule has 0 atom stereocenters. The fraction of sp³-hybridized carbons (Fsp3) is 0.529. The Balaban J connectivity index is 0.000000139. The highest BCUT2D eigenvalue weighted by molar-refractivity contribution is 5.93. The summed E-state index contributed by atoms with van der Waals surface area (Å²) in [5.41, 5.74) is 19.0. The molecular weight excluding hydrogens is 1060 g/mol. The second-order valence-corrected chi connectivity index (χ2v) is 32.6. The van der Waals surface area contributed by atoms with Crippen molar-refractivity contribution in [2.45, 2.75) is 285 Å². The first-order valence-corrected chi connectivity index (χ1v) is 34.3. The van der Waals surface area contributed by atoms with E-state index in [1.54, 1.807) is 16.7 Å². The number of rotatable bonds is 4. The van der Waals surface area contributed by atoms with Crippen LogP contribution in [0.15, 0.2) is 121 Å². The minimum Gasteiger partial charge on any atom is -0.207 e. The Morgan fingerprint density at radius 1 is 0.299 bits per heavy atom. The monoisotopic (exact) mass is 1170 g/mol. The zero-order valence-corrected chi connectivity index (χ0v) is 57.6. The SMILES string of the molecule is Cc1c(C(C)(C)C)cc(C2CCC(C)(C)CC2)c2ccccc12.Cc1c(C(C)(C)C)cc(C2CCC(F)(F)CC2)c2ccccc12.Cc1c(C(C)(C)C)cc(C2CCCC2)c2ccccc12.Cc1c(C(C)(C)C)cc(C2CCCCC2)c2ccccc12. The Bertz CT molecular complexity index is 3520. The van der Waals surface area contributed by atoms with Gasteiger partial charge >= 0.3 is 0 Å². The van der Waals surface area contributed by atoms with Crippen molar-refractivity contribution in [1.82, 2.24) is 0 Å². The second-order valence-electron chi connectivity index (χ2n) is 32.6. The maximum atomic E-state index is 13.5. The number of hydrogen-bond acceptors (Lipinski definition) is 0. The highest BCUT2D eigenvalue weighted by atomic mass is 19.3. The van der Waals surface area contributed by atoms with Crippen molar-refractivity contribution in [2.24, 2.45) is 5.41 Å². The van der Waals surface area contributed by atoms with Crippen LogP contribution in [0.4, 0.5) is 8.78 Å². The van der Waals surface area contributed by atoms with Crippen LogP contribution in [0.2, 0.25) is 0 Å². The minimum absolute atomic E-state index is 0.0186. The Hall–Kier alpha value is -5.34. The number of benzene rings is 8. The first-order valence-electron chi connectivity index (χ1n) is 34.3. The van der Waals surface area contributed by atoms with Gasteiger partial charge in [0.1, 0.15) is 0 Å². The number of hydrogen-bond donors (Lipinski definition) is 0. The molecule has 12 rings (SSSR count). The van der Waals surface area contributed by atoms with Crippen LogP contribution < -0.4 is 0 Å². The molecule has 4 fully saturated rings. The van der Waals surface area contributed by atoms with Gasteiger partial charge in [0, 0.05) is 12.8 Å². The lowest BCUT2D eigenvalue weighted by Crippen LogP contribution is -2.24. The summed E-state index contributed by atoms with van der Waals surface area (Å²) in [5, 5.41) is 11.4. The van der Waals surface area contributed by atoms with Gasteiger partial charge in [-0.2, -0.15) is 0 Å². The Morgan fingerprint density at radius 3 is 0.747 bits per heavy atom. The first kappa shape index (κ1) is 66.1. The van der Waals surface area contributed by atoms with E-state index in [1.165, 1.54) is 177 Å².